The second-order valence-electron chi connectivity index (χ2n) is 5.57. The van der Waals surface area contributed by atoms with E-state index >= 15 is 0 Å². The molecule has 0 fully saturated rings. The number of anilines is 1. The van der Waals surface area contributed by atoms with Gasteiger partial charge in [0.05, 0.1) is 7.11 Å². The predicted octanol–water partition coefficient (Wildman–Crippen LogP) is 4.28. The number of halogens is 2. The minimum absolute atomic E-state index is 0.0644. The second-order valence-corrected chi connectivity index (χ2v) is 8.35. The molecule has 0 saturated heterocycles. The molecule has 1 N–H and O–H groups in total. The number of ether oxygens (including phenoxy) is 1. The highest BCUT2D eigenvalue weighted by Crippen LogP contribution is 2.29. The van der Waals surface area contributed by atoms with E-state index in [-0.39, 0.29) is 16.2 Å². The Kier molecular flexibility index (Phi) is 7.11. The lowest BCUT2D eigenvalue weighted by atomic mass is 10.2. The fourth-order valence-corrected chi connectivity index (χ4v) is 4.72. The van der Waals surface area contributed by atoms with Crippen LogP contribution in [0.3, 0.4) is 0 Å². The van der Waals surface area contributed by atoms with Crippen molar-refractivity contribution < 1.29 is 17.9 Å². The van der Waals surface area contributed by atoms with Gasteiger partial charge >= 0.3 is 0 Å². The van der Waals surface area contributed by atoms with Gasteiger partial charge in [-0.3, -0.25) is 4.79 Å². The van der Waals surface area contributed by atoms with Gasteiger partial charge in [-0.25, -0.2) is 8.42 Å². The fourth-order valence-electron chi connectivity index (χ4n) is 2.55. The van der Waals surface area contributed by atoms with Gasteiger partial charge in [0, 0.05) is 34.4 Å². The van der Waals surface area contributed by atoms with Crippen molar-refractivity contribution in [1.29, 1.82) is 0 Å². The lowest BCUT2D eigenvalue weighted by Crippen LogP contribution is -2.31. The maximum atomic E-state index is 12.9. The van der Waals surface area contributed by atoms with Gasteiger partial charge in [-0.05, 0) is 36.4 Å². The zero-order chi connectivity index (χ0) is 20.2. The van der Waals surface area contributed by atoms with Gasteiger partial charge < -0.3 is 10.1 Å². The molecule has 0 aromatic heterocycles. The molecule has 27 heavy (non-hydrogen) atoms. The van der Waals surface area contributed by atoms with Crippen molar-refractivity contribution in [2.45, 2.75) is 18.7 Å². The highest BCUT2D eigenvalue weighted by molar-refractivity contribution is 7.89. The van der Waals surface area contributed by atoms with E-state index in [1.165, 1.54) is 29.6 Å². The summed E-state index contributed by atoms with van der Waals surface area (Å²) in [6.07, 6.45) is 0. The van der Waals surface area contributed by atoms with Crippen LogP contribution in [0, 0.1) is 0 Å². The Bertz CT molecular complexity index is 924. The molecular weight excluding hydrogens is 411 g/mol. The van der Waals surface area contributed by atoms with E-state index in [0.717, 1.165) is 0 Å². The van der Waals surface area contributed by atoms with Crippen molar-refractivity contribution in [3.63, 3.8) is 0 Å². The molecular formula is C18H20Cl2N2O4S. The molecule has 0 spiro atoms. The lowest BCUT2D eigenvalue weighted by molar-refractivity contribution is 0.102. The minimum atomic E-state index is -3.80. The van der Waals surface area contributed by atoms with E-state index < -0.39 is 15.9 Å². The van der Waals surface area contributed by atoms with Gasteiger partial charge in [-0.2, -0.15) is 4.31 Å². The van der Waals surface area contributed by atoms with Crippen LogP contribution in [0.25, 0.3) is 0 Å². The van der Waals surface area contributed by atoms with Gasteiger partial charge in [-0.1, -0.05) is 37.0 Å². The highest BCUT2D eigenvalue weighted by Gasteiger charge is 2.26. The van der Waals surface area contributed by atoms with Crippen molar-refractivity contribution in [3.8, 4) is 5.75 Å². The first kappa shape index (κ1) is 21.5. The number of amides is 1. The molecule has 0 aliphatic heterocycles. The molecule has 0 heterocycles. The minimum Gasteiger partial charge on any atom is -0.495 e. The number of hydrogen-bond acceptors (Lipinski definition) is 4. The second kappa shape index (κ2) is 8.93. The average molecular weight is 431 g/mol. The number of nitrogens with one attached hydrogen (secondary N) is 1. The smallest absolute Gasteiger partial charge is 0.255 e. The normalized spacial score (nSPS) is 11.5. The van der Waals surface area contributed by atoms with Crippen LogP contribution in [-0.2, 0) is 10.0 Å². The fraction of sp³-hybridized carbons (Fsp3) is 0.278. The number of nitrogens with zero attached hydrogens (tertiary/aromatic N) is 1. The largest absolute Gasteiger partial charge is 0.495 e. The van der Waals surface area contributed by atoms with Crippen molar-refractivity contribution in [3.05, 3.63) is 52.0 Å². The molecule has 2 rings (SSSR count). The molecule has 2 aromatic carbocycles. The molecule has 0 unspecified atom stereocenters. The quantitative estimate of drug-likeness (QED) is 0.710. The Morgan fingerprint density at radius 3 is 2.19 bits per heavy atom. The molecule has 1 amide bonds. The highest BCUT2D eigenvalue weighted by atomic mass is 35.5. The van der Waals surface area contributed by atoms with E-state index in [1.807, 2.05) is 0 Å². The number of carbonyl (C=O) groups excluding carboxylic acids is 1. The summed E-state index contributed by atoms with van der Waals surface area (Å²) in [5.74, 6) is -0.323. The molecule has 0 atom stereocenters. The SMILES string of the molecule is CCN(CC)S(=O)(=O)c1cc(C(=O)Nc2cc(Cl)cc(Cl)c2)ccc1OC. The van der Waals surface area contributed by atoms with Crippen LogP contribution in [0.15, 0.2) is 41.3 Å². The molecule has 9 heteroatoms. The zero-order valence-electron chi connectivity index (χ0n) is 15.1. The Morgan fingerprint density at radius 2 is 1.67 bits per heavy atom. The molecule has 0 bridgehead atoms. The molecule has 0 radical (unpaired) electrons. The van der Waals surface area contributed by atoms with E-state index in [0.29, 0.717) is 28.8 Å². The molecule has 146 valence electrons. The summed E-state index contributed by atoms with van der Waals surface area (Å²) < 4.78 is 32.2. The topological polar surface area (TPSA) is 75.7 Å². The van der Waals surface area contributed by atoms with Crippen molar-refractivity contribution in [2.24, 2.45) is 0 Å². The van der Waals surface area contributed by atoms with E-state index in [4.69, 9.17) is 27.9 Å². The van der Waals surface area contributed by atoms with Gasteiger partial charge in [-0.15, -0.1) is 0 Å². The summed E-state index contributed by atoms with van der Waals surface area (Å²) in [7, 11) is -2.42. The summed E-state index contributed by atoms with van der Waals surface area (Å²) in [6, 6.07) is 8.87. The summed E-state index contributed by atoms with van der Waals surface area (Å²) in [5.41, 5.74) is 0.569. The Labute approximate surface area is 169 Å². The van der Waals surface area contributed by atoms with Crippen LogP contribution in [0.5, 0.6) is 5.75 Å². The van der Waals surface area contributed by atoms with Crippen molar-refractivity contribution in [1.82, 2.24) is 4.31 Å². The third-order valence-corrected chi connectivity index (χ3v) is 6.38. The molecule has 0 aliphatic carbocycles. The summed E-state index contributed by atoms with van der Waals surface area (Å²) in [6.45, 7) is 4.10. The third kappa shape index (κ3) is 4.93. The zero-order valence-corrected chi connectivity index (χ0v) is 17.5. The average Bonchev–Trinajstić information content (AvgIpc) is 2.61. The van der Waals surface area contributed by atoms with E-state index in [1.54, 1.807) is 32.0 Å². The van der Waals surface area contributed by atoms with Crippen molar-refractivity contribution in [2.75, 3.05) is 25.5 Å². The lowest BCUT2D eigenvalue weighted by Gasteiger charge is -2.20. The third-order valence-electron chi connectivity index (χ3n) is 3.87. The number of carbonyl (C=O) groups is 1. The summed E-state index contributed by atoms with van der Waals surface area (Å²) in [5, 5.41) is 3.40. The Balaban J connectivity index is 2.43. The molecule has 6 nitrogen and oxygen atoms in total. The van der Waals surface area contributed by atoms with Crippen LogP contribution in [0.1, 0.15) is 24.2 Å². The number of methoxy groups -OCH3 is 1. The number of sulfonamides is 1. The first-order valence-electron chi connectivity index (χ1n) is 8.18. The van der Waals surface area contributed by atoms with Gasteiger partial charge in [0.25, 0.3) is 5.91 Å². The maximum Gasteiger partial charge on any atom is 0.255 e. The van der Waals surface area contributed by atoms with Crippen LogP contribution in [0.4, 0.5) is 5.69 Å². The van der Waals surface area contributed by atoms with Crippen LogP contribution >= 0.6 is 23.2 Å². The van der Waals surface area contributed by atoms with Crippen LogP contribution in [-0.4, -0.2) is 38.8 Å². The van der Waals surface area contributed by atoms with E-state index in [9.17, 15) is 13.2 Å². The summed E-state index contributed by atoms with van der Waals surface area (Å²) in [4.78, 5) is 12.5. The molecule has 0 saturated carbocycles. The van der Waals surface area contributed by atoms with Gasteiger partial charge in [0.15, 0.2) is 0 Å². The Hall–Kier alpha value is -1.80. The maximum absolute atomic E-state index is 12.9. The molecule has 2 aromatic rings. The van der Waals surface area contributed by atoms with Crippen LogP contribution in [0.2, 0.25) is 10.0 Å². The standard InChI is InChI=1S/C18H20Cl2N2O4S/c1-4-22(5-2)27(24,25)17-8-12(6-7-16(17)26-3)18(23)21-15-10-13(19)9-14(20)11-15/h6-11H,4-5H2,1-3H3,(H,21,23). The van der Waals surface area contributed by atoms with Crippen molar-refractivity contribution >= 4 is 44.8 Å². The first-order chi connectivity index (χ1) is 12.7. The van der Waals surface area contributed by atoms with E-state index in [2.05, 4.69) is 5.32 Å². The number of rotatable bonds is 7. The first-order valence-corrected chi connectivity index (χ1v) is 10.4. The summed E-state index contributed by atoms with van der Waals surface area (Å²) >= 11 is 11.9. The van der Waals surface area contributed by atoms with Gasteiger partial charge in [0.1, 0.15) is 10.6 Å². The Morgan fingerprint density at radius 1 is 1.07 bits per heavy atom. The van der Waals surface area contributed by atoms with Gasteiger partial charge in [0.2, 0.25) is 10.0 Å². The predicted molar refractivity (Wildman–Crippen MR) is 108 cm³/mol. The number of benzene rings is 2. The number of hydrogen-bond donors (Lipinski definition) is 1. The van der Waals surface area contributed by atoms with Crippen LogP contribution < -0.4 is 10.1 Å². The monoisotopic (exact) mass is 430 g/mol. The molecule has 0 aliphatic rings.